The molecule has 0 atom stereocenters. The number of ether oxygens (including phenoxy) is 1. The van der Waals surface area contributed by atoms with E-state index in [1.165, 1.54) is 12.4 Å². The first-order chi connectivity index (χ1) is 13.7. The predicted molar refractivity (Wildman–Crippen MR) is 106 cm³/mol. The second kappa shape index (κ2) is 9.14. The summed E-state index contributed by atoms with van der Waals surface area (Å²) in [4.78, 5) is 20.6. The minimum Gasteiger partial charge on any atom is -0.497 e. The number of rotatable bonds is 7. The summed E-state index contributed by atoms with van der Waals surface area (Å²) in [5.41, 5.74) is 2.63. The quantitative estimate of drug-likeness (QED) is 0.659. The number of amides is 1. The Morgan fingerprint density at radius 2 is 1.89 bits per heavy atom. The summed E-state index contributed by atoms with van der Waals surface area (Å²) in [5, 5.41) is 14.7. The number of hydrogen-bond donors (Lipinski definition) is 2. The third-order valence-corrected chi connectivity index (χ3v) is 4.02. The van der Waals surface area contributed by atoms with Crippen LogP contribution in [0.25, 0.3) is 0 Å². The van der Waals surface area contributed by atoms with E-state index >= 15 is 0 Å². The molecule has 0 bridgehead atoms. The molecular weight excluding hydrogens is 354 g/mol. The zero-order valence-electron chi connectivity index (χ0n) is 15.3. The monoisotopic (exact) mass is 373 g/mol. The topological polar surface area (TPSA) is 99.9 Å². The molecule has 1 amide bonds. The summed E-state index contributed by atoms with van der Waals surface area (Å²) in [6, 6.07) is 16.5. The standard InChI is InChI=1S/C21H19N5O2/c1-28-19-4-2-3-15(11-19)9-10-23-21-24-13-17(14-25-21)20(27)26-18-7-5-16(12-22)6-8-18/h2-8,11,13-14H,9-10H2,1H3,(H,26,27)(H,23,24,25). The molecule has 0 aliphatic carbocycles. The van der Waals surface area contributed by atoms with Gasteiger partial charge in [0.2, 0.25) is 5.95 Å². The minimum atomic E-state index is -0.312. The Labute approximate surface area is 163 Å². The second-order valence-corrected chi connectivity index (χ2v) is 5.97. The zero-order valence-corrected chi connectivity index (χ0v) is 15.3. The van der Waals surface area contributed by atoms with E-state index in [0.717, 1.165) is 17.7 Å². The molecule has 0 spiro atoms. The maximum absolute atomic E-state index is 12.3. The first-order valence-electron chi connectivity index (χ1n) is 8.68. The van der Waals surface area contributed by atoms with Crippen LogP contribution in [0.1, 0.15) is 21.5 Å². The number of carbonyl (C=O) groups excluding carboxylic acids is 1. The van der Waals surface area contributed by atoms with E-state index in [4.69, 9.17) is 10.00 Å². The number of anilines is 2. The lowest BCUT2D eigenvalue weighted by Crippen LogP contribution is -2.14. The smallest absolute Gasteiger partial charge is 0.258 e. The van der Waals surface area contributed by atoms with Gasteiger partial charge in [-0.3, -0.25) is 4.79 Å². The van der Waals surface area contributed by atoms with Crippen molar-refractivity contribution in [3.63, 3.8) is 0 Å². The average molecular weight is 373 g/mol. The van der Waals surface area contributed by atoms with Gasteiger partial charge in [0.25, 0.3) is 5.91 Å². The van der Waals surface area contributed by atoms with Gasteiger partial charge in [-0.05, 0) is 48.4 Å². The normalized spacial score (nSPS) is 10.0. The Balaban J connectivity index is 1.52. The molecule has 3 aromatic rings. The molecule has 0 aliphatic rings. The number of hydrogen-bond acceptors (Lipinski definition) is 6. The molecule has 7 nitrogen and oxygen atoms in total. The number of benzene rings is 2. The molecule has 0 fully saturated rings. The van der Waals surface area contributed by atoms with Gasteiger partial charge >= 0.3 is 0 Å². The van der Waals surface area contributed by atoms with Crippen LogP contribution < -0.4 is 15.4 Å². The van der Waals surface area contributed by atoms with E-state index in [2.05, 4.69) is 20.6 Å². The lowest BCUT2D eigenvalue weighted by Gasteiger charge is -2.08. The van der Waals surface area contributed by atoms with Crippen LogP contribution in [0.15, 0.2) is 60.9 Å². The van der Waals surface area contributed by atoms with E-state index in [-0.39, 0.29) is 5.91 Å². The molecule has 0 unspecified atom stereocenters. The number of nitrogens with one attached hydrogen (secondary N) is 2. The van der Waals surface area contributed by atoms with Gasteiger partial charge in [-0.25, -0.2) is 9.97 Å². The van der Waals surface area contributed by atoms with Crippen molar-refractivity contribution in [1.29, 1.82) is 5.26 Å². The van der Waals surface area contributed by atoms with Gasteiger partial charge < -0.3 is 15.4 Å². The van der Waals surface area contributed by atoms with Crippen LogP contribution in [0.5, 0.6) is 5.75 Å². The third-order valence-electron chi connectivity index (χ3n) is 4.02. The highest BCUT2D eigenvalue weighted by atomic mass is 16.5. The van der Waals surface area contributed by atoms with Crippen LogP contribution in [-0.2, 0) is 6.42 Å². The van der Waals surface area contributed by atoms with Gasteiger partial charge in [-0.15, -0.1) is 0 Å². The number of aromatic nitrogens is 2. The third kappa shape index (κ3) is 5.05. The van der Waals surface area contributed by atoms with Crippen LogP contribution in [-0.4, -0.2) is 29.5 Å². The van der Waals surface area contributed by atoms with Crippen molar-refractivity contribution in [2.45, 2.75) is 6.42 Å². The van der Waals surface area contributed by atoms with Crippen molar-refractivity contribution in [3.8, 4) is 11.8 Å². The van der Waals surface area contributed by atoms with E-state index in [0.29, 0.717) is 29.3 Å². The van der Waals surface area contributed by atoms with Gasteiger partial charge in [0.05, 0.1) is 24.3 Å². The highest BCUT2D eigenvalue weighted by Gasteiger charge is 2.08. The lowest BCUT2D eigenvalue weighted by atomic mass is 10.1. The van der Waals surface area contributed by atoms with Crippen LogP contribution >= 0.6 is 0 Å². The van der Waals surface area contributed by atoms with E-state index in [9.17, 15) is 4.79 Å². The molecule has 7 heteroatoms. The fourth-order valence-corrected chi connectivity index (χ4v) is 2.51. The summed E-state index contributed by atoms with van der Waals surface area (Å²) in [6.07, 6.45) is 3.74. The number of nitriles is 1. The SMILES string of the molecule is COc1cccc(CCNc2ncc(C(=O)Nc3ccc(C#N)cc3)cn2)c1. The van der Waals surface area contributed by atoms with E-state index in [1.807, 2.05) is 30.3 Å². The van der Waals surface area contributed by atoms with Gasteiger partial charge in [0.15, 0.2) is 0 Å². The zero-order chi connectivity index (χ0) is 19.8. The van der Waals surface area contributed by atoms with Crippen molar-refractivity contribution in [3.05, 3.63) is 77.6 Å². The first-order valence-corrected chi connectivity index (χ1v) is 8.68. The molecule has 2 N–H and O–H groups in total. The van der Waals surface area contributed by atoms with E-state index < -0.39 is 0 Å². The molecule has 3 rings (SSSR count). The summed E-state index contributed by atoms with van der Waals surface area (Å²) in [7, 11) is 1.64. The van der Waals surface area contributed by atoms with Crippen LogP contribution in [0.4, 0.5) is 11.6 Å². The summed E-state index contributed by atoms with van der Waals surface area (Å²) in [6.45, 7) is 0.657. The van der Waals surface area contributed by atoms with Crippen molar-refractivity contribution < 1.29 is 9.53 Å². The maximum atomic E-state index is 12.3. The summed E-state index contributed by atoms with van der Waals surface area (Å²) >= 11 is 0. The van der Waals surface area contributed by atoms with Crippen LogP contribution in [0, 0.1) is 11.3 Å². The number of methoxy groups -OCH3 is 1. The Morgan fingerprint density at radius 1 is 1.14 bits per heavy atom. The lowest BCUT2D eigenvalue weighted by molar-refractivity contribution is 0.102. The Kier molecular flexibility index (Phi) is 6.16. The molecule has 0 aliphatic heterocycles. The van der Waals surface area contributed by atoms with Gasteiger partial charge in [0, 0.05) is 24.6 Å². The molecule has 28 heavy (non-hydrogen) atoms. The molecular formula is C21H19N5O2. The molecule has 0 saturated carbocycles. The van der Waals surface area contributed by atoms with Crippen LogP contribution in [0.3, 0.4) is 0 Å². The molecule has 0 radical (unpaired) electrons. The maximum Gasteiger partial charge on any atom is 0.258 e. The van der Waals surface area contributed by atoms with E-state index in [1.54, 1.807) is 31.4 Å². The fourth-order valence-electron chi connectivity index (χ4n) is 2.51. The molecule has 0 saturated heterocycles. The Bertz CT molecular complexity index is 979. The molecule has 2 aromatic carbocycles. The summed E-state index contributed by atoms with van der Waals surface area (Å²) < 4.78 is 5.21. The predicted octanol–water partition coefficient (Wildman–Crippen LogP) is 3.26. The fraction of sp³-hybridized carbons (Fsp3) is 0.143. The van der Waals surface area contributed by atoms with Crippen LogP contribution in [0.2, 0.25) is 0 Å². The first kappa shape index (κ1) is 18.9. The minimum absolute atomic E-state index is 0.312. The van der Waals surface area contributed by atoms with Gasteiger partial charge in [-0.1, -0.05) is 12.1 Å². The molecule has 1 heterocycles. The highest BCUT2D eigenvalue weighted by Crippen LogP contribution is 2.13. The molecule has 140 valence electrons. The van der Waals surface area contributed by atoms with Crippen molar-refractivity contribution in [2.75, 3.05) is 24.3 Å². The van der Waals surface area contributed by atoms with Gasteiger partial charge in [-0.2, -0.15) is 5.26 Å². The van der Waals surface area contributed by atoms with Gasteiger partial charge in [0.1, 0.15) is 5.75 Å². The Morgan fingerprint density at radius 3 is 2.57 bits per heavy atom. The number of nitrogens with zero attached hydrogens (tertiary/aromatic N) is 3. The summed E-state index contributed by atoms with van der Waals surface area (Å²) in [5.74, 6) is 0.969. The largest absolute Gasteiger partial charge is 0.497 e. The second-order valence-electron chi connectivity index (χ2n) is 5.97. The van der Waals surface area contributed by atoms with Crippen molar-refractivity contribution in [1.82, 2.24) is 9.97 Å². The highest BCUT2D eigenvalue weighted by molar-refractivity contribution is 6.03. The molecule has 1 aromatic heterocycles. The Hall–Kier alpha value is -3.92. The van der Waals surface area contributed by atoms with Crippen molar-refractivity contribution >= 4 is 17.5 Å². The average Bonchev–Trinajstić information content (AvgIpc) is 2.75. The van der Waals surface area contributed by atoms with Crippen molar-refractivity contribution in [2.24, 2.45) is 0 Å². The number of carbonyl (C=O) groups is 1.